The predicted octanol–water partition coefficient (Wildman–Crippen LogP) is 11.0. The summed E-state index contributed by atoms with van der Waals surface area (Å²) < 4.78 is 15.6. The van der Waals surface area contributed by atoms with Crippen molar-refractivity contribution in [2.75, 3.05) is 27.3 Å². The molecule has 0 amide bonds. The molecule has 6 aromatic rings. The van der Waals surface area contributed by atoms with Crippen molar-refractivity contribution in [3.63, 3.8) is 0 Å². The molecule has 1 saturated heterocycles. The number of piperidine rings is 1. The van der Waals surface area contributed by atoms with E-state index in [9.17, 15) is 9.59 Å². The van der Waals surface area contributed by atoms with Crippen molar-refractivity contribution in [3.8, 4) is 11.5 Å². The Balaban J connectivity index is 0.000000181. The van der Waals surface area contributed by atoms with Gasteiger partial charge in [-0.15, -0.1) is 22.7 Å². The Morgan fingerprint density at radius 2 is 1.12 bits per heavy atom. The van der Waals surface area contributed by atoms with E-state index in [1.165, 1.54) is 29.0 Å². The van der Waals surface area contributed by atoms with E-state index < -0.39 is 0 Å². The first-order valence-electron chi connectivity index (χ1n) is 20.7. The third-order valence-corrected chi connectivity index (χ3v) is 14.5. The van der Waals surface area contributed by atoms with Crippen LogP contribution in [0.3, 0.4) is 0 Å². The number of aryl methyl sites for hydroxylation is 4. The van der Waals surface area contributed by atoms with Crippen molar-refractivity contribution in [2.24, 2.45) is 0 Å². The standard InChI is InChI=1S/C24H27ClN2O2S.C23H26ClN3O2S/c1-24(14-6-3-7-15-24)21-16-17(10-11-18-12-13-22(25)30-18)27(26-21)23(28)19-8-4-5-9-20(19)29-2;1-23(12-5-13-25-15-23)20-14-16(8-9-17-10-11-21(24)30-17)27(26-20)22(28)18-6-3-4-7-19(18)29-2/h4-5,8-9,12-13,16H,3,6-7,10-11,14-15H2,1-2H3;3-4,6-7,10-11,14,25H,5,8-9,12-13,15H2,1-2H3. The van der Waals surface area contributed by atoms with Gasteiger partial charge in [-0.2, -0.15) is 10.2 Å². The second-order valence-corrected chi connectivity index (χ2v) is 19.8. The van der Waals surface area contributed by atoms with Gasteiger partial charge in [-0.25, -0.2) is 9.36 Å². The van der Waals surface area contributed by atoms with Crippen molar-refractivity contribution in [3.05, 3.63) is 137 Å². The summed E-state index contributed by atoms with van der Waals surface area (Å²) in [6.07, 6.45) is 11.2. The Morgan fingerprint density at radius 3 is 1.55 bits per heavy atom. The minimum Gasteiger partial charge on any atom is -0.496 e. The summed E-state index contributed by atoms with van der Waals surface area (Å²) in [6.45, 7) is 6.41. The zero-order valence-electron chi connectivity index (χ0n) is 34.8. The van der Waals surface area contributed by atoms with Gasteiger partial charge in [0.25, 0.3) is 11.8 Å². The lowest BCUT2D eigenvalue weighted by Crippen LogP contribution is -2.41. The number of nitrogens with one attached hydrogen (secondary N) is 1. The van der Waals surface area contributed by atoms with Gasteiger partial charge in [0.15, 0.2) is 0 Å². The molecule has 1 N–H and O–H groups in total. The second-order valence-electron chi connectivity index (χ2n) is 16.3. The fourth-order valence-electron chi connectivity index (χ4n) is 8.35. The number of ether oxygens (including phenoxy) is 2. The van der Waals surface area contributed by atoms with Crippen LogP contribution in [0.25, 0.3) is 0 Å². The highest BCUT2D eigenvalue weighted by Crippen LogP contribution is 2.39. The normalized spacial score (nSPS) is 17.4. The van der Waals surface area contributed by atoms with Gasteiger partial charge in [-0.1, -0.05) is 80.6 Å². The van der Waals surface area contributed by atoms with Gasteiger partial charge in [0, 0.05) is 38.5 Å². The van der Waals surface area contributed by atoms with E-state index in [4.69, 9.17) is 42.9 Å². The molecule has 2 fully saturated rings. The number of hydrogen-bond donors (Lipinski definition) is 1. The molecule has 4 aromatic heterocycles. The number of para-hydroxylation sites is 2. The van der Waals surface area contributed by atoms with Gasteiger partial charge in [-0.05, 0) is 119 Å². The zero-order valence-corrected chi connectivity index (χ0v) is 37.9. The Labute approximate surface area is 371 Å². The topological polar surface area (TPSA) is 100 Å². The van der Waals surface area contributed by atoms with Crippen molar-refractivity contribution in [1.82, 2.24) is 24.9 Å². The molecule has 1 unspecified atom stereocenters. The average Bonchev–Trinajstić information content (AvgIpc) is 4.10. The number of thiophene rings is 2. The van der Waals surface area contributed by atoms with Crippen LogP contribution in [-0.4, -0.2) is 58.7 Å². The van der Waals surface area contributed by atoms with E-state index in [-0.39, 0.29) is 22.6 Å². The summed E-state index contributed by atoms with van der Waals surface area (Å²) in [7, 11) is 3.17. The lowest BCUT2D eigenvalue weighted by Gasteiger charge is -2.32. The number of hydrogen-bond acceptors (Lipinski definition) is 9. The van der Waals surface area contributed by atoms with E-state index in [2.05, 4.69) is 37.4 Å². The lowest BCUT2D eigenvalue weighted by molar-refractivity contribution is 0.0929. The van der Waals surface area contributed by atoms with Crippen LogP contribution < -0.4 is 14.8 Å². The lowest BCUT2D eigenvalue weighted by atomic mass is 9.73. The summed E-state index contributed by atoms with van der Waals surface area (Å²) in [5, 5.41) is 13.2. The molecular weight excluding hydrogens is 834 g/mol. The molecule has 0 bridgehead atoms. The van der Waals surface area contributed by atoms with E-state index in [0.717, 1.165) is 89.5 Å². The first-order chi connectivity index (χ1) is 29.0. The van der Waals surface area contributed by atoms with Crippen LogP contribution in [0.15, 0.2) is 84.9 Å². The number of methoxy groups -OCH3 is 2. The number of rotatable bonds is 12. The summed E-state index contributed by atoms with van der Waals surface area (Å²) >= 11 is 15.3. The summed E-state index contributed by atoms with van der Waals surface area (Å²) in [5.41, 5.74) is 4.86. The van der Waals surface area contributed by atoms with E-state index in [1.54, 1.807) is 64.5 Å². The SMILES string of the molecule is COc1ccccc1C(=O)n1nc(C2(C)CCCCC2)cc1CCc1ccc(Cl)s1.COc1ccccc1C(=O)n1nc(C2(C)CCCNC2)cc1CCc1ccc(Cl)s1. The number of carbonyl (C=O) groups is 2. The van der Waals surface area contributed by atoms with Crippen LogP contribution in [0, 0.1) is 0 Å². The van der Waals surface area contributed by atoms with Gasteiger partial charge in [-0.3, -0.25) is 9.59 Å². The molecule has 1 atom stereocenters. The van der Waals surface area contributed by atoms with Crippen LogP contribution in [0.5, 0.6) is 11.5 Å². The first kappa shape index (κ1) is 43.8. The molecule has 1 aliphatic carbocycles. The van der Waals surface area contributed by atoms with Gasteiger partial charge in [0.05, 0.1) is 45.4 Å². The molecule has 1 saturated carbocycles. The molecule has 60 heavy (non-hydrogen) atoms. The molecule has 8 rings (SSSR count). The molecule has 5 heterocycles. The Hall–Kier alpha value is -4.26. The average molecular weight is 887 g/mol. The molecule has 2 aliphatic rings. The van der Waals surface area contributed by atoms with Gasteiger partial charge >= 0.3 is 0 Å². The fourth-order valence-corrected chi connectivity index (χ4v) is 10.5. The maximum Gasteiger partial charge on any atom is 0.282 e. The maximum absolute atomic E-state index is 13.5. The number of nitrogens with zero attached hydrogens (tertiary/aromatic N) is 4. The van der Waals surface area contributed by atoms with Crippen molar-refractivity contribution >= 4 is 57.7 Å². The number of aromatic nitrogens is 4. The second kappa shape index (κ2) is 19.6. The number of carbonyl (C=O) groups excluding carboxylic acids is 2. The minimum absolute atomic E-state index is 0.0333. The van der Waals surface area contributed by atoms with E-state index in [1.807, 2.05) is 48.5 Å². The van der Waals surface area contributed by atoms with Crippen molar-refractivity contribution < 1.29 is 19.1 Å². The summed E-state index contributed by atoms with van der Waals surface area (Å²) in [4.78, 5) is 29.3. The quantitative estimate of drug-likeness (QED) is 0.131. The fraction of sp³-hybridized carbons (Fsp3) is 0.404. The summed E-state index contributed by atoms with van der Waals surface area (Å²) in [6, 6.07) is 26.8. The van der Waals surface area contributed by atoms with Crippen molar-refractivity contribution in [2.45, 2.75) is 95.3 Å². The number of benzene rings is 2. The molecule has 13 heteroatoms. The third kappa shape index (κ3) is 10.1. The largest absolute Gasteiger partial charge is 0.496 e. The molecule has 0 spiro atoms. The zero-order chi connectivity index (χ0) is 42.3. The van der Waals surface area contributed by atoms with Gasteiger partial charge in [0.1, 0.15) is 11.5 Å². The maximum atomic E-state index is 13.5. The van der Waals surface area contributed by atoms with E-state index in [0.29, 0.717) is 29.0 Å². The van der Waals surface area contributed by atoms with Crippen LogP contribution >= 0.6 is 45.9 Å². The van der Waals surface area contributed by atoms with Gasteiger partial charge < -0.3 is 14.8 Å². The summed E-state index contributed by atoms with van der Waals surface area (Å²) in [5.74, 6) is 0.822. The monoisotopic (exact) mass is 885 g/mol. The smallest absolute Gasteiger partial charge is 0.282 e. The van der Waals surface area contributed by atoms with Crippen LogP contribution in [-0.2, 0) is 36.5 Å². The molecular formula is C47H53Cl2N5O4S2. The van der Waals surface area contributed by atoms with Crippen LogP contribution in [0.2, 0.25) is 8.67 Å². The Morgan fingerprint density at radius 1 is 0.650 bits per heavy atom. The van der Waals surface area contributed by atoms with Crippen LogP contribution in [0.1, 0.15) is 112 Å². The minimum atomic E-state index is -0.162. The Bertz CT molecular complexity index is 2240. The first-order valence-corrected chi connectivity index (χ1v) is 23.1. The third-order valence-electron chi connectivity index (χ3n) is 11.9. The highest BCUT2D eigenvalue weighted by molar-refractivity contribution is 7.16. The molecule has 2 aromatic carbocycles. The molecule has 0 radical (unpaired) electrons. The Kier molecular flexibility index (Phi) is 14.3. The van der Waals surface area contributed by atoms with Gasteiger partial charge in [0.2, 0.25) is 0 Å². The number of halogens is 2. The molecule has 1 aliphatic heterocycles. The van der Waals surface area contributed by atoms with E-state index >= 15 is 0 Å². The molecule has 316 valence electrons. The highest BCUT2D eigenvalue weighted by atomic mass is 35.5. The molecule has 9 nitrogen and oxygen atoms in total. The van der Waals surface area contributed by atoms with Crippen LogP contribution in [0.4, 0.5) is 0 Å². The predicted molar refractivity (Wildman–Crippen MR) is 243 cm³/mol. The van der Waals surface area contributed by atoms with Crippen molar-refractivity contribution in [1.29, 1.82) is 0 Å². The highest BCUT2D eigenvalue weighted by Gasteiger charge is 2.34.